The first-order valence-corrected chi connectivity index (χ1v) is 8.53. The van der Waals surface area contributed by atoms with Crippen LogP contribution in [0.3, 0.4) is 0 Å². The molecule has 108 valence electrons. The molecule has 0 aliphatic carbocycles. The average molecular weight is 318 g/mol. The predicted octanol–water partition coefficient (Wildman–Crippen LogP) is 3.76. The first-order chi connectivity index (χ1) is 10.3. The van der Waals surface area contributed by atoms with Crippen LogP contribution < -0.4 is 0 Å². The molecule has 1 unspecified atom stereocenters. The fraction of sp³-hybridized carbons (Fsp3) is 0.200. The van der Waals surface area contributed by atoms with E-state index in [9.17, 15) is 5.11 Å². The number of hydrogen-bond acceptors (Lipinski definition) is 6. The number of aliphatic hydroxyl groups is 1. The lowest BCUT2D eigenvalue weighted by Gasteiger charge is -2.09. The molecule has 0 aliphatic heterocycles. The van der Waals surface area contributed by atoms with Gasteiger partial charge in [0.25, 0.3) is 5.89 Å². The van der Waals surface area contributed by atoms with Crippen LogP contribution >= 0.6 is 23.1 Å². The van der Waals surface area contributed by atoms with Gasteiger partial charge in [0.05, 0.1) is 16.7 Å². The lowest BCUT2D eigenvalue weighted by atomic mass is 10.1. The number of benzene rings is 1. The van der Waals surface area contributed by atoms with Gasteiger partial charge in [0.2, 0.25) is 0 Å². The molecular formula is C15H14N2O2S2. The Balaban J connectivity index is 1.52. The standard InChI is InChI=1S/C15H14N2O2S2/c18-12(11-5-2-1-3-6-11)9-20-10-14-16-15(19-17-14)13-7-4-8-21-13/h1-8,12,18H,9-10H2. The highest BCUT2D eigenvalue weighted by molar-refractivity contribution is 7.98. The lowest BCUT2D eigenvalue weighted by Crippen LogP contribution is -2.00. The van der Waals surface area contributed by atoms with E-state index in [1.807, 2.05) is 47.8 Å². The first-order valence-electron chi connectivity index (χ1n) is 6.50. The van der Waals surface area contributed by atoms with Crippen molar-refractivity contribution < 1.29 is 9.63 Å². The molecule has 6 heteroatoms. The van der Waals surface area contributed by atoms with Gasteiger partial charge in [-0.1, -0.05) is 41.6 Å². The maximum absolute atomic E-state index is 10.1. The van der Waals surface area contributed by atoms with Crippen molar-refractivity contribution in [3.8, 4) is 10.8 Å². The molecule has 0 saturated carbocycles. The smallest absolute Gasteiger partial charge is 0.268 e. The number of aliphatic hydroxyl groups excluding tert-OH is 1. The van der Waals surface area contributed by atoms with Gasteiger partial charge in [0, 0.05) is 5.75 Å². The fourth-order valence-corrected chi connectivity index (χ4v) is 3.32. The SMILES string of the molecule is OC(CSCc1noc(-c2cccs2)n1)c1ccccc1. The van der Waals surface area contributed by atoms with E-state index in [-0.39, 0.29) is 0 Å². The second-order valence-electron chi connectivity index (χ2n) is 4.43. The summed E-state index contributed by atoms with van der Waals surface area (Å²) in [4.78, 5) is 5.33. The summed E-state index contributed by atoms with van der Waals surface area (Å²) in [6.45, 7) is 0. The molecule has 0 aliphatic rings. The van der Waals surface area contributed by atoms with Gasteiger partial charge in [-0.05, 0) is 17.0 Å². The third kappa shape index (κ3) is 3.72. The average Bonchev–Trinajstić information content (AvgIpc) is 3.19. The molecule has 1 atom stereocenters. The highest BCUT2D eigenvalue weighted by Crippen LogP contribution is 2.24. The van der Waals surface area contributed by atoms with Crippen LogP contribution in [0, 0.1) is 0 Å². The third-order valence-corrected chi connectivity index (χ3v) is 4.76. The van der Waals surface area contributed by atoms with Crippen molar-refractivity contribution in [3.63, 3.8) is 0 Å². The van der Waals surface area contributed by atoms with Crippen LogP contribution in [-0.2, 0) is 5.75 Å². The number of nitrogens with zero attached hydrogens (tertiary/aromatic N) is 2. The number of rotatable bonds is 6. The van der Waals surface area contributed by atoms with E-state index in [1.54, 1.807) is 23.1 Å². The molecule has 0 saturated heterocycles. The van der Waals surface area contributed by atoms with Crippen LogP contribution in [0.4, 0.5) is 0 Å². The summed E-state index contributed by atoms with van der Waals surface area (Å²) in [5.41, 5.74) is 0.928. The summed E-state index contributed by atoms with van der Waals surface area (Å²) in [6.07, 6.45) is -0.472. The zero-order chi connectivity index (χ0) is 14.5. The Hall–Kier alpha value is -1.63. The molecule has 0 bridgehead atoms. The van der Waals surface area contributed by atoms with Crippen molar-refractivity contribution in [1.82, 2.24) is 10.1 Å². The van der Waals surface area contributed by atoms with Crippen LogP contribution in [0.2, 0.25) is 0 Å². The van der Waals surface area contributed by atoms with Crippen LogP contribution in [0.1, 0.15) is 17.5 Å². The van der Waals surface area contributed by atoms with E-state index < -0.39 is 6.10 Å². The van der Waals surface area contributed by atoms with Gasteiger partial charge in [-0.15, -0.1) is 11.3 Å². The molecule has 0 spiro atoms. The van der Waals surface area contributed by atoms with Gasteiger partial charge in [0.1, 0.15) is 0 Å². The molecule has 0 amide bonds. The summed E-state index contributed by atoms with van der Waals surface area (Å²) >= 11 is 3.16. The van der Waals surface area contributed by atoms with E-state index in [0.717, 1.165) is 10.4 Å². The maximum Gasteiger partial charge on any atom is 0.268 e. The predicted molar refractivity (Wildman–Crippen MR) is 85.2 cm³/mol. The minimum Gasteiger partial charge on any atom is -0.388 e. The Labute approximate surface area is 130 Å². The highest BCUT2D eigenvalue weighted by Gasteiger charge is 2.11. The van der Waals surface area contributed by atoms with Crippen molar-refractivity contribution in [1.29, 1.82) is 0 Å². The summed E-state index contributed by atoms with van der Waals surface area (Å²) in [5, 5.41) is 16.0. The molecule has 0 radical (unpaired) electrons. The molecule has 4 nitrogen and oxygen atoms in total. The Morgan fingerprint density at radius 2 is 2.05 bits per heavy atom. The Bertz CT molecular complexity index is 668. The van der Waals surface area contributed by atoms with Gasteiger partial charge >= 0.3 is 0 Å². The Morgan fingerprint density at radius 1 is 1.19 bits per heavy atom. The summed E-state index contributed by atoms with van der Waals surface area (Å²) in [7, 11) is 0. The Kier molecular flexibility index (Phi) is 4.69. The fourth-order valence-electron chi connectivity index (χ4n) is 1.85. The molecule has 1 N–H and O–H groups in total. The number of aromatic nitrogens is 2. The molecule has 2 aromatic heterocycles. The van der Waals surface area contributed by atoms with E-state index in [1.165, 1.54) is 0 Å². The first kappa shape index (κ1) is 14.3. The van der Waals surface area contributed by atoms with Gasteiger partial charge in [0.15, 0.2) is 5.82 Å². The highest BCUT2D eigenvalue weighted by atomic mass is 32.2. The molecule has 3 aromatic rings. The maximum atomic E-state index is 10.1. The van der Waals surface area contributed by atoms with Crippen molar-refractivity contribution in [2.75, 3.05) is 5.75 Å². The van der Waals surface area contributed by atoms with Crippen LogP contribution in [0.25, 0.3) is 10.8 Å². The number of thioether (sulfide) groups is 1. The lowest BCUT2D eigenvalue weighted by molar-refractivity contribution is 0.204. The second kappa shape index (κ2) is 6.89. The normalized spacial score (nSPS) is 12.4. The third-order valence-electron chi connectivity index (χ3n) is 2.89. The van der Waals surface area contributed by atoms with Crippen molar-refractivity contribution >= 4 is 23.1 Å². The molecule has 0 fully saturated rings. The summed E-state index contributed by atoms with van der Waals surface area (Å²) in [5.74, 6) is 2.44. The quantitative estimate of drug-likeness (QED) is 0.750. The molecule has 2 heterocycles. The van der Waals surface area contributed by atoms with Crippen molar-refractivity contribution in [2.24, 2.45) is 0 Å². The molecular weight excluding hydrogens is 304 g/mol. The monoisotopic (exact) mass is 318 g/mol. The Morgan fingerprint density at radius 3 is 2.81 bits per heavy atom. The van der Waals surface area contributed by atoms with E-state index in [4.69, 9.17) is 4.52 Å². The van der Waals surface area contributed by atoms with Crippen LogP contribution in [-0.4, -0.2) is 21.0 Å². The topological polar surface area (TPSA) is 59.2 Å². The van der Waals surface area contributed by atoms with Crippen molar-refractivity contribution in [3.05, 3.63) is 59.2 Å². The van der Waals surface area contributed by atoms with Crippen LogP contribution in [0.5, 0.6) is 0 Å². The van der Waals surface area contributed by atoms with Gasteiger partial charge in [-0.3, -0.25) is 0 Å². The van der Waals surface area contributed by atoms with E-state index in [0.29, 0.717) is 23.2 Å². The second-order valence-corrected chi connectivity index (χ2v) is 6.41. The van der Waals surface area contributed by atoms with Crippen LogP contribution in [0.15, 0.2) is 52.4 Å². The minimum atomic E-state index is -0.472. The molecule has 21 heavy (non-hydrogen) atoms. The molecule has 3 rings (SSSR count). The van der Waals surface area contributed by atoms with E-state index >= 15 is 0 Å². The summed E-state index contributed by atoms with van der Waals surface area (Å²) < 4.78 is 5.22. The largest absolute Gasteiger partial charge is 0.388 e. The van der Waals surface area contributed by atoms with Gasteiger partial charge < -0.3 is 9.63 Å². The number of hydrogen-bond donors (Lipinski definition) is 1. The molecule has 1 aromatic carbocycles. The summed E-state index contributed by atoms with van der Waals surface area (Å²) in [6, 6.07) is 13.5. The van der Waals surface area contributed by atoms with Crippen molar-refractivity contribution in [2.45, 2.75) is 11.9 Å². The van der Waals surface area contributed by atoms with Gasteiger partial charge in [-0.2, -0.15) is 16.7 Å². The van der Waals surface area contributed by atoms with Gasteiger partial charge in [-0.25, -0.2) is 0 Å². The zero-order valence-electron chi connectivity index (χ0n) is 11.2. The van der Waals surface area contributed by atoms with E-state index in [2.05, 4.69) is 10.1 Å². The zero-order valence-corrected chi connectivity index (χ0v) is 12.8. The number of thiophene rings is 1. The minimum absolute atomic E-state index is 0.472.